The van der Waals surface area contributed by atoms with Crippen LogP contribution in [0.3, 0.4) is 0 Å². The summed E-state index contributed by atoms with van der Waals surface area (Å²) in [5.74, 6) is 1.71. The van der Waals surface area contributed by atoms with Gasteiger partial charge in [0.2, 0.25) is 0 Å². The van der Waals surface area contributed by atoms with Crippen molar-refractivity contribution in [2.75, 3.05) is 18.0 Å². The number of hydrogen-bond acceptors (Lipinski definition) is 8. The highest BCUT2D eigenvalue weighted by molar-refractivity contribution is 5.60. The Bertz CT molecular complexity index is 1100. The fourth-order valence-corrected chi connectivity index (χ4v) is 3.48. The molecule has 9 heteroatoms. The molecule has 5 rings (SSSR count). The molecule has 0 aromatic carbocycles. The first-order valence-electron chi connectivity index (χ1n) is 9.59. The zero-order chi connectivity index (χ0) is 19.6. The van der Waals surface area contributed by atoms with Gasteiger partial charge in [-0.25, -0.2) is 9.97 Å². The van der Waals surface area contributed by atoms with Crippen molar-refractivity contribution in [1.29, 1.82) is 0 Å². The molecule has 5 heterocycles. The van der Waals surface area contributed by atoms with Crippen LogP contribution in [0, 0.1) is 6.92 Å². The number of aromatic nitrogens is 7. The normalized spacial score (nSPS) is 15.0. The minimum Gasteiger partial charge on any atom is -0.460 e. The van der Waals surface area contributed by atoms with Gasteiger partial charge in [0.25, 0.3) is 0 Å². The Morgan fingerprint density at radius 3 is 2.45 bits per heavy atom. The van der Waals surface area contributed by atoms with Gasteiger partial charge in [-0.2, -0.15) is 4.52 Å². The SMILES string of the molecule is Cc1nnc2ccc(N3CCC(Oc4ncc(-c5ccncc5)cn4)CC3)nn12. The van der Waals surface area contributed by atoms with Gasteiger partial charge in [0.15, 0.2) is 11.5 Å². The Morgan fingerprint density at radius 2 is 1.69 bits per heavy atom. The van der Waals surface area contributed by atoms with E-state index in [1.54, 1.807) is 29.3 Å². The van der Waals surface area contributed by atoms with E-state index >= 15 is 0 Å². The van der Waals surface area contributed by atoms with Crippen molar-refractivity contribution in [3.63, 3.8) is 0 Å². The van der Waals surface area contributed by atoms with Crippen LogP contribution in [0.5, 0.6) is 6.01 Å². The highest BCUT2D eigenvalue weighted by Gasteiger charge is 2.23. The van der Waals surface area contributed by atoms with Crippen LogP contribution in [0.25, 0.3) is 16.8 Å². The molecule has 9 nitrogen and oxygen atoms in total. The second-order valence-corrected chi connectivity index (χ2v) is 7.00. The molecule has 0 bridgehead atoms. The van der Waals surface area contributed by atoms with Crippen LogP contribution < -0.4 is 9.64 Å². The van der Waals surface area contributed by atoms with Gasteiger partial charge in [-0.1, -0.05) is 0 Å². The number of aryl methyl sites for hydroxylation is 1. The quantitative estimate of drug-likeness (QED) is 0.526. The Labute approximate surface area is 167 Å². The average molecular weight is 388 g/mol. The van der Waals surface area contributed by atoms with Gasteiger partial charge in [-0.15, -0.1) is 15.3 Å². The fraction of sp³-hybridized carbons (Fsp3) is 0.300. The zero-order valence-electron chi connectivity index (χ0n) is 16.0. The van der Waals surface area contributed by atoms with Crippen molar-refractivity contribution >= 4 is 11.5 Å². The summed E-state index contributed by atoms with van der Waals surface area (Å²) in [5, 5.41) is 12.8. The number of rotatable bonds is 4. The second-order valence-electron chi connectivity index (χ2n) is 7.00. The highest BCUT2D eigenvalue weighted by Crippen LogP contribution is 2.22. The first-order valence-corrected chi connectivity index (χ1v) is 9.59. The van der Waals surface area contributed by atoms with Crippen LogP contribution in [0.2, 0.25) is 0 Å². The fourth-order valence-electron chi connectivity index (χ4n) is 3.48. The van der Waals surface area contributed by atoms with Gasteiger partial charge < -0.3 is 9.64 Å². The van der Waals surface area contributed by atoms with E-state index in [0.717, 1.165) is 54.3 Å². The van der Waals surface area contributed by atoms with Gasteiger partial charge in [0.05, 0.1) is 0 Å². The topological polar surface area (TPSA) is 94.2 Å². The zero-order valence-corrected chi connectivity index (χ0v) is 16.0. The van der Waals surface area contributed by atoms with Crippen molar-refractivity contribution in [3.8, 4) is 17.1 Å². The molecule has 1 fully saturated rings. The van der Waals surface area contributed by atoms with E-state index in [4.69, 9.17) is 4.74 Å². The molecule has 1 aliphatic heterocycles. The predicted octanol–water partition coefficient (Wildman–Crippen LogP) is 2.33. The Balaban J connectivity index is 1.21. The van der Waals surface area contributed by atoms with Crippen LogP contribution in [0.1, 0.15) is 18.7 Å². The van der Waals surface area contributed by atoms with E-state index < -0.39 is 0 Å². The summed E-state index contributed by atoms with van der Waals surface area (Å²) in [6, 6.07) is 8.22. The molecule has 0 amide bonds. The summed E-state index contributed by atoms with van der Waals surface area (Å²) in [7, 11) is 0. The number of hydrogen-bond donors (Lipinski definition) is 0. The molecule has 29 heavy (non-hydrogen) atoms. The summed E-state index contributed by atoms with van der Waals surface area (Å²) < 4.78 is 7.77. The van der Waals surface area contributed by atoms with E-state index in [-0.39, 0.29) is 6.10 Å². The largest absolute Gasteiger partial charge is 0.460 e. The van der Waals surface area contributed by atoms with E-state index in [0.29, 0.717) is 6.01 Å². The molecular weight excluding hydrogens is 368 g/mol. The molecule has 0 aliphatic carbocycles. The lowest BCUT2D eigenvalue weighted by Crippen LogP contribution is -2.39. The third-order valence-electron chi connectivity index (χ3n) is 5.08. The van der Waals surface area contributed by atoms with Crippen LogP contribution >= 0.6 is 0 Å². The van der Waals surface area contributed by atoms with Crippen LogP contribution in [0.15, 0.2) is 49.1 Å². The summed E-state index contributed by atoms with van der Waals surface area (Å²) in [6.45, 7) is 3.62. The molecule has 4 aromatic heterocycles. The number of fused-ring (bicyclic) bond motifs is 1. The minimum absolute atomic E-state index is 0.0957. The van der Waals surface area contributed by atoms with E-state index in [1.165, 1.54) is 0 Å². The lowest BCUT2D eigenvalue weighted by Gasteiger charge is -2.32. The van der Waals surface area contributed by atoms with Crippen molar-refractivity contribution in [1.82, 2.24) is 34.8 Å². The monoisotopic (exact) mass is 388 g/mol. The van der Waals surface area contributed by atoms with Crippen molar-refractivity contribution in [2.45, 2.75) is 25.9 Å². The van der Waals surface area contributed by atoms with E-state index in [2.05, 4.69) is 35.1 Å². The molecule has 0 radical (unpaired) electrons. The smallest absolute Gasteiger partial charge is 0.316 e. The lowest BCUT2D eigenvalue weighted by atomic mass is 10.1. The van der Waals surface area contributed by atoms with Crippen LogP contribution in [-0.2, 0) is 0 Å². The average Bonchev–Trinajstić information content (AvgIpc) is 3.16. The van der Waals surface area contributed by atoms with Gasteiger partial charge in [-0.3, -0.25) is 4.98 Å². The molecule has 0 saturated carbocycles. The Hall–Kier alpha value is -3.62. The number of pyridine rings is 1. The molecule has 1 aliphatic rings. The van der Waals surface area contributed by atoms with Gasteiger partial charge >= 0.3 is 6.01 Å². The van der Waals surface area contributed by atoms with E-state index in [9.17, 15) is 0 Å². The Kier molecular flexibility index (Phi) is 4.47. The molecule has 0 unspecified atom stereocenters. The summed E-state index contributed by atoms with van der Waals surface area (Å²) >= 11 is 0. The van der Waals surface area contributed by atoms with Gasteiger partial charge in [-0.05, 0) is 36.8 Å². The van der Waals surface area contributed by atoms with Crippen LogP contribution in [0.4, 0.5) is 5.82 Å². The number of ether oxygens (including phenoxy) is 1. The number of anilines is 1. The second kappa shape index (κ2) is 7.42. The predicted molar refractivity (Wildman–Crippen MR) is 107 cm³/mol. The van der Waals surface area contributed by atoms with Crippen molar-refractivity contribution < 1.29 is 4.74 Å². The van der Waals surface area contributed by atoms with Crippen molar-refractivity contribution in [3.05, 3.63) is 54.9 Å². The van der Waals surface area contributed by atoms with Gasteiger partial charge in [0.1, 0.15) is 11.9 Å². The maximum atomic E-state index is 6.00. The maximum absolute atomic E-state index is 6.00. The lowest BCUT2D eigenvalue weighted by molar-refractivity contribution is 0.156. The first kappa shape index (κ1) is 17.5. The number of nitrogens with zero attached hydrogens (tertiary/aromatic N) is 8. The maximum Gasteiger partial charge on any atom is 0.316 e. The third kappa shape index (κ3) is 3.58. The molecule has 4 aromatic rings. The molecule has 1 saturated heterocycles. The summed E-state index contributed by atoms with van der Waals surface area (Å²) in [5.41, 5.74) is 2.74. The Morgan fingerprint density at radius 1 is 0.931 bits per heavy atom. The molecule has 146 valence electrons. The number of piperidine rings is 1. The molecule has 0 atom stereocenters. The van der Waals surface area contributed by atoms with Gasteiger partial charge in [0, 0.05) is 56.3 Å². The standard InChI is InChI=1S/C20H20N8O/c1-14-24-25-18-2-3-19(26-28(14)18)27-10-6-17(7-11-27)29-20-22-12-16(13-23-20)15-4-8-21-9-5-15/h2-5,8-9,12-13,17H,6-7,10-11H2,1H3. The summed E-state index contributed by atoms with van der Waals surface area (Å²) in [6.07, 6.45) is 8.95. The molecular formula is C20H20N8O. The third-order valence-corrected chi connectivity index (χ3v) is 5.08. The summed E-state index contributed by atoms with van der Waals surface area (Å²) in [4.78, 5) is 15.0. The first-order chi connectivity index (χ1) is 14.3. The van der Waals surface area contributed by atoms with Crippen molar-refractivity contribution in [2.24, 2.45) is 0 Å². The minimum atomic E-state index is 0.0957. The van der Waals surface area contributed by atoms with E-state index in [1.807, 2.05) is 31.2 Å². The molecule has 0 N–H and O–H groups in total. The molecule has 0 spiro atoms. The highest BCUT2D eigenvalue weighted by atomic mass is 16.5. The van der Waals surface area contributed by atoms with Crippen LogP contribution in [-0.4, -0.2) is 54.0 Å².